The first-order valence-electron chi connectivity index (χ1n) is 6.76. The summed E-state index contributed by atoms with van der Waals surface area (Å²) in [7, 11) is 0. The van der Waals surface area contributed by atoms with E-state index in [0.717, 1.165) is 0 Å². The van der Waals surface area contributed by atoms with Gasteiger partial charge in [0.05, 0.1) is 12.5 Å². The van der Waals surface area contributed by atoms with E-state index in [4.69, 9.17) is 11.6 Å². The van der Waals surface area contributed by atoms with E-state index in [1.54, 1.807) is 0 Å². The largest absolute Gasteiger partial charge is 0.481 e. The standard InChI is InChI=1S/C14H23ClN2O3/c1-8(15)7-16-13(20)17-11-6-5-10(12(18)19)14(3,4)9(11)2/h9-11H,1,5-7H2,2-4H3,(H,18,19)(H2,16,17,20). The Kier molecular flexibility index (Phi) is 5.45. The van der Waals surface area contributed by atoms with Gasteiger partial charge in [-0.3, -0.25) is 4.79 Å². The SMILES string of the molecule is C=C(Cl)CNC(=O)NC1CCC(C(=O)O)C(C)(C)C1C. The van der Waals surface area contributed by atoms with Gasteiger partial charge in [-0.05, 0) is 24.2 Å². The molecule has 5 nitrogen and oxygen atoms in total. The molecule has 0 aliphatic heterocycles. The van der Waals surface area contributed by atoms with Crippen LogP contribution in [0.5, 0.6) is 0 Å². The van der Waals surface area contributed by atoms with Crippen molar-refractivity contribution >= 4 is 23.6 Å². The van der Waals surface area contributed by atoms with E-state index in [-0.39, 0.29) is 35.9 Å². The third kappa shape index (κ3) is 3.88. The topological polar surface area (TPSA) is 78.4 Å². The minimum Gasteiger partial charge on any atom is -0.481 e. The molecule has 0 radical (unpaired) electrons. The second-order valence-electron chi connectivity index (χ2n) is 6.03. The monoisotopic (exact) mass is 302 g/mol. The van der Waals surface area contributed by atoms with Crippen molar-refractivity contribution in [2.24, 2.45) is 17.3 Å². The summed E-state index contributed by atoms with van der Waals surface area (Å²) in [5, 5.41) is 15.2. The van der Waals surface area contributed by atoms with Crippen molar-refractivity contribution in [2.75, 3.05) is 6.54 Å². The fourth-order valence-electron chi connectivity index (χ4n) is 2.84. The smallest absolute Gasteiger partial charge is 0.315 e. The summed E-state index contributed by atoms with van der Waals surface area (Å²) in [5.41, 5.74) is -0.363. The van der Waals surface area contributed by atoms with Crippen LogP contribution in [-0.4, -0.2) is 29.7 Å². The Hall–Kier alpha value is -1.23. The second-order valence-corrected chi connectivity index (χ2v) is 6.56. The predicted molar refractivity (Wildman–Crippen MR) is 78.6 cm³/mol. The van der Waals surface area contributed by atoms with Gasteiger partial charge in [-0.2, -0.15) is 0 Å². The average molecular weight is 303 g/mol. The van der Waals surface area contributed by atoms with E-state index in [9.17, 15) is 14.7 Å². The number of aliphatic carboxylic acids is 1. The molecule has 3 N–H and O–H groups in total. The molecule has 3 unspecified atom stereocenters. The van der Waals surface area contributed by atoms with Crippen LogP contribution in [0.2, 0.25) is 0 Å². The van der Waals surface area contributed by atoms with Crippen LogP contribution in [0.3, 0.4) is 0 Å². The lowest BCUT2D eigenvalue weighted by Crippen LogP contribution is -2.54. The second kappa shape index (κ2) is 6.48. The van der Waals surface area contributed by atoms with E-state index < -0.39 is 5.97 Å². The lowest BCUT2D eigenvalue weighted by molar-refractivity contribution is -0.150. The maximum Gasteiger partial charge on any atom is 0.315 e. The molecule has 0 bridgehead atoms. The van der Waals surface area contributed by atoms with Crippen molar-refractivity contribution in [3.8, 4) is 0 Å². The molecule has 1 saturated carbocycles. The Morgan fingerprint density at radius 2 is 2.00 bits per heavy atom. The minimum absolute atomic E-state index is 0.0378. The number of carbonyl (C=O) groups is 2. The zero-order chi connectivity index (χ0) is 15.5. The number of halogens is 1. The van der Waals surface area contributed by atoms with E-state index in [2.05, 4.69) is 17.2 Å². The van der Waals surface area contributed by atoms with Gasteiger partial charge in [0.15, 0.2) is 0 Å². The fourth-order valence-corrected chi connectivity index (χ4v) is 2.91. The van der Waals surface area contributed by atoms with Gasteiger partial charge in [0.1, 0.15) is 0 Å². The Labute approximate surface area is 124 Å². The van der Waals surface area contributed by atoms with Gasteiger partial charge in [-0.1, -0.05) is 39.0 Å². The summed E-state index contributed by atoms with van der Waals surface area (Å²) < 4.78 is 0. The Bertz CT molecular complexity index is 409. The maximum absolute atomic E-state index is 11.7. The lowest BCUT2D eigenvalue weighted by atomic mass is 9.61. The number of amides is 2. The van der Waals surface area contributed by atoms with Gasteiger partial charge in [-0.15, -0.1) is 0 Å². The highest BCUT2D eigenvalue weighted by Crippen LogP contribution is 2.45. The van der Waals surface area contributed by atoms with Gasteiger partial charge < -0.3 is 15.7 Å². The van der Waals surface area contributed by atoms with E-state index in [0.29, 0.717) is 17.9 Å². The summed E-state index contributed by atoms with van der Waals surface area (Å²) in [5.74, 6) is -1.06. The summed E-state index contributed by atoms with van der Waals surface area (Å²) >= 11 is 5.59. The molecule has 0 aromatic rings. The first kappa shape index (κ1) is 16.8. The zero-order valence-corrected chi connectivity index (χ0v) is 13.0. The van der Waals surface area contributed by atoms with Crippen LogP contribution >= 0.6 is 11.6 Å². The third-order valence-corrected chi connectivity index (χ3v) is 4.63. The number of carboxylic acids is 1. The van der Waals surface area contributed by atoms with Gasteiger partial charge >= 0.3 is 12.0 Å². The molecule has 2 amide bonds. The number of urea groups is 1. The normalized spacial score (nSPS) is 28.5. The van der Waals surface area contributed by atoms with Crippen LogP contribution in [-0.2, 0) is 4.79 Å². The highest BCUT2D eigenvalue weighted by molar-refractivity contribution is 6.29. The van der Waals surface area contributed by atoms with Gasteiger partial charge in [-0.25, -0.2) is 4.79 Å². The van der Waals surface area contributed by atoms with Crippen molar-refractivity contribution in [3.05, 3.63) is 11.6 Å². The van der Waals surface area contributed by atoms with Crippen molar-refractivity contribution in [3.63, 3.8) is 0 Å². The number of hydrogen-bond acceptors (Lipinski definition) is 2. The van der Waals surface area contributed by atoms with Gasteiger partial charge in [0.2, 0.25) is 0 Å². The molecule has 0 spiro atoms. The molecule has 20 heavy (non-hydrogen) atoms. The van der Waals surface area contributed by atoms with Gasteiger partial charge in [0, 0.05) is 11.1 Å². The minimum atomic E-state index is -0.761. The van der Waals surface area contributed by atoms with Gasteiger partial charge in [0.25, 0.3) is 0 Å². The summed E-state index contributed by atoms with van der Waals surface area (Å²) in [4.78, 5) is 23.0. The molecule has 3 atom stereocenters. The fraction of sp³-hybridized carbons (Fsp3) is 0.714. The molecule has 0 aromatic heterocycles. The Balaban J connectivity index is 2.64. The van der Waals surface area contributed by atoms with Crippen LogP contribution in [0.15, 0.2) is 11.6 Å². The molecule has 0 heterocycles. The molecule has 1 rings (SSSR count). The molecule has 1 fully saturated rings. The summed E-state index contributed by atoms with van der Waals surface area (Å²) in [6.45, 7) is 9.60. The number of nitrogens with one attached hydrogen (secondary N) is 2. The van der Waals surface area contributed by atoms with Crippen molar-refractivity contribution in [2.45, 2.75) is 39.7 Å². The first-order valence-corrected chi connectivity index (χ1v) is 7.14. The molecule has 1 aliphatic rings. The number of hydrogen-bond donors (Lipinski definition) is 3. The van der Waals surface area contributed by atoms with E-state index in [1.165, 1.54) is 0 Å². The van der Waals surface area contributed by atoms with Crippen molar-refractivity contribution in [1.29, 1.82) is 0 Å². The third-order valence-electron chi connectivity index (χ3n) is 4.50. The number of carbonyl (C=O) groups excluding carboxylic acids is 1. The Morgan fingerprint density at radius 3 is 2.50 bits per heavy atom. The quantitative estimate of drug-likeness (QED) is 0.747. The van der Waals surface area contributed by atoms with Crippen LogP contribution in [0, 0.1) is 17.3 Å². The van der Waals surface area contributed by atoms with Crippen LogP contribution in [0.4, 0.5) is 4.79 Å². The average Bonchev–Trinajstić information content (AvgIpc) is 2.32. The molecule has 1 aliphatic carbocycles. The maximum atomic E-state index is 11.7. The van der Waals surface area contributed by atoms with Crippen LogP contribution in [0.25, 0.3) is 0 Å². The number of rotatable bonds is 4. The molecular formula is C14H23ClN2O3. The van der Waals surface area contributed by atoms with Crippen molar-refractivity contribution in [1.82, 2.24) is 10.6 Å². The molecule has 114 valence electrons. The highest BCUT2D eigenvalue weighted by atomic mass is 35.5. The molecule has 0 aromatic carbocycles. The number of carboxylic acid groups (broad SMARTS) is 1. The lowest BCUT2D eigenvalue weighted by Gasteiger charge is -2.46. The summed E-state index contributed by atoms with van der Waals surface area (Å²) in [6.07, 6.45) is 1.23. The molecular weight excluding hydrogens is 280 g/mol. The molecule has 0 saturated heterocycles. The zero-order valence-electron chi connectivity index (χ0n) is 12.2. The first-order chi connectivity index (χ1) is 9.16. The predicted octanol–water partition coefficient (Wildman–Crippen LogP) is 2.56. The Morgan fingerprint density at radius 1 is 1.40 bits per heavy atom. The summed E-state index contributed by atoms with van der Waals surface area (Å²) in [6, 6.07) is -0.336. The molecule has 6 heteroatoms. The van der Waals surface area contributed by atoms with E-state index >= 15 is 0 Å². The highest BCUT2D eigenvalue weighted by Gasteiger charge is 2.46. The van der Waals surface area contributed by atoms with E-state index in [1.807, 2.05) is 20.8 Å². The van der Waals surface area contributed by atoms with Crippen LogP contribution in [0.1, 0.15) is 33.6 Å². The van der Waals surface area contributed by atoms with Crippen molar-refractivity contribution < 1.29 is 14.7 Å². The van der Waals surface area contributed by atoms with Crippen LogP contribution < -0.4 is 10.6 Å².